The Bertz CT molecular complexity index is 904. The van der Waals surface area contributed by atoms with Crippen molar-refractivity contribution < 1.29 is 4.79 Å². The van der Waals surface area contributed by atoms with Gasteiger partial charge in [-0.15, -0.1) is 11.3 Å². The van der Waals surface area contributed by atoms with E-state index < -0.39 is 5.41 Å². The van der Waals surface area contributed by atoms with Gasteiger partial charge in [-0.3, -0.25) is 9.59 Å². The predicted octanol–water partition coefficient (Wildman–Crippen LogP) is 1.53. The van der Waals surface area contributed by atoms with Crippen molar-refractivity contribution in [2.45, 2.75) is 20.8 Å². The predicted molar refractivity (Wildman–Crippen MR) is 87.8 cm³/mol. The Kier molecular flexibility index (Phi) is 4.43. The molecule has 4 nitrogen and oxygen atoms in total. The molecule has 1 N–H and O–H groups in total. The zero-order valence-electron chi connectivity index (χ0n) is 12.6. The van der Waals surface area contributed by atoms with E-state index in [0.717, 1.165) is 5.56 Å². The first-order chi connectivity index (χ1) is 10.3. The van der Waals surface area contributed by atoms with Gasteiger partial charge in [0.15, 0.2) is 5.78 Å². The lowest BCUT2D eigenvalue weighted by molar-refractivity contribution is -0.119. The second-order valence-electron chi connectivity index (χ2n) is 5.92. The Balaban J connectivity index is 2.44. The molecule has 0 fully saturated rings. The molecule has 0 aliphatic carbocycles. The van der Waals surface area contributed by atoms with E-state index >= 15 is 0 Å². The molecule has 0 spiro atoms. The smallest absolute Gasteiger partial charge is 0.266 e. The van der Waals surface area contributed by atoms with Crippen LogP contribution in [0.3, 0.4) is 0 Å². The Labute approximate surface area is 132 Å². The van der Waals surface area contributed by atoms with Gasteiger partial charge in [0.05, 0.1) is 20.8 Å². The van der Waals surface area contributed by atoms with E-state index in [9.17, 15) is 9.59 Å². The molecule has 2 aromatic rings. The number of carbonyl (C=O) groups excluding carboxylic acids is 1. The van der Waals surface area contributed by atoms with Gasteiger partial charge < -0.3 is 4.98 Å². The number of H-pyrrole nitrogens is 1. The molecule has 5 heteroatoms. The van der Waals surface area contributed by atoms with Crippen molar-refractivity contribution in [2.75, 3.05) is 0 Å². The average Bonchev–Trinajstić information content (AvgIpc) is 2.78. The molecule has 0 bridgehead atoms. The van der Waals surface area contributed by atoms with E-state index in [4.69, 9.17) is 5.26 Å². The lowest BCUT2D eigenvalue weighted by atomic mass is 9.91. The van der Waals surface area contributed by atoms with E-state index in [2.05, 4.69) is 4.98 Å². The first kappa shape index (κ1) is 15.9. The highest BCUT2D eigenvalue weighted by atomic mass is 32.1. The summed E-state index contributed by atoms with van der Waals surface area (Å²) in [5, 5.41) is 8.77. The van der Waals surface area contributed by atoms with Crippen LogP contribution in [0, 0.1) is 16.7 Å². The zero-order chi connectivity index (χ0) is 16.3. The lowest BCUT2D eigenvalue weighted by Gasteiger charge is -2.12. The molecule has 0 unspecified atom stereocenters. The van der Waals surface area contributed by atoms with Crippen LogP contribution in [-0.4, -0.2) is 10.8 Å². The van der Waals surface area contributed by atoms with Gasteiger partial charge in [0.1, 0.15) is 0 Å². The molecular weight excluding hydrogens is 296 g/mol. The van der Waals surface area contributed by atoms with Gasteiger partial charge in [-0.2, -0.15) is 5.26 Å². The molecule has 1 aromatic heterocycles. The van der Waals surface area contributed by atoms with Crippen molar-refractivity contribution in [2.24, 2.45) is 5.41 Å². The van der Waals surface area contributed by atoms with Crippen molar-refractivity contribution in [3.63, 3.8) is 0 Å². The molecule has 0 saturated carbocycles. The highest BCUT2D eigenvalue weighted by Crippen LogP contribution is 2.14. The first-order valence-electron chi connectivity index (χ1n) is 6.77. The SMILES string of the molecule is CC(C)(C)C(=O)/C=c1\[nH]c(=O)/c(=C/c2ccc(C#N)cc2)s1. The second kappa shape index (κ2) is 6.12. The Morgan fingerprint density at radius 2 is 1.91 bits per heavy atom. The number of hydrogen-bond acceptors (Lipinski definition) is 4. The van der Waals surface area contributed by atoms with Crippen LogP contribution in [-0.2, 0) is 4.79 Å². The van der Waals surface area contributed by atoms with Crippen LogP contribution in [0.15, 0.2) is 29.1 Å². The van der Waals surface area contributed by atoms with Gasteiger partial charge >= 0.3 is 0 Å². The summed E-state index contributed by atoms with van der Waals surface area (Å²) >= 11 is 1.24. The molecule has 1 aromatic carbocycles. The van der Waals surface area contributed by atoms with E-state index in [1.54, 1.807) is 30.3 Å². The van der Waals surface area contributed by atoms with Gasteiger partial charge in [0, 0.05) is 11.5 Å². The van der Waals surface area contributed by atoms with Crippen LogP contribution in [0.5, 0.6) is 0 Å². The van der Waals surface area contributed by atoms with E-state index in [0.29, 0.717) is 14.8 Å². The van der Waals surface area contributed by atoms with Gasteiger partial charge in [0.2, 0.25) is 0 Å². The monoisotopic (exact) mass is 312 g/mol. The summed E-state index contributed by atoms with van der Waals surface area (Å²) in [5.74, 6) is -0.0325. The number of nitrogens with zero attached hydrogens (tertiary/aromatic N) is 1. The number of benzene rings is 1. The third-order valence-corrected chi connectivity index (χ3v) is 3.98. The maximum absolute atomic E-state index is 12.0. The number of ketones is 1. The van der Waals surface area contributed by atoms with Gasteiger partial charge in [-0.1, -0.05) is 32.9 Å². The molecule has 22 heavy (non-hydrogen) atoms. The molecule has 1 heterocycles. The fourth-order valence-corrected chi connectivity index (χ4v) is 2.55. The maximum atomic E-state index is 12.0. The first-order valence-corrected chi connectivity index (χ1v) is 7.58. The number of aromatic amines is 1. The third-order valence-electron chi connectivity index (χ3n) is 3.02. The molecule has 0 saturated heterocycles. The highest BCUT2D eigenvalue weighted by molar-refractivity contribution is 7.07. The van der Waals surface area contributed by atoms with Crippen molar-refractivity contribution in [3.8, 4) is 6.07 Å². The van der Waals surface area contributed by atoms with E-state index in [1.807, 2.05) is 26.8 Å². The lowest BCUT2D eigenvalue weighted by Crippen LogP contribution is -2.22. The summed E-state index contributed by atoms with van der Waals surface area (Å²) in [5.41, 5.74) is 0.710. The quantitative estimate of drug-likeness (QED) is 0.914. The molecule has 0 amide bonds. The van der Waals surface area contributed by atoms with Crippen LogP contribution in [0.25, 0.3) is 12.2 Å². The molecule has 0 radical (unpaired) electrons. The Hall–Kier alpha value is -2.45. The normalized spacial score (nSPS) is 13.2. The molecule has 0 aliphatic heterocycles. The fourth-order valence-electron chi connectivity index (χ4n) is 1.67. The van der Waals surface area contributed by atoms with E-state index in [1.165, 1.54) is 17.4 Å². The van der Waals surface area contributed by atoms with Crippen molar-refractivity contribution in [1.82, 2.24) is 4.98 Å². The maximum Gasteiger partial charge on any atom is 0.266 e. The zero-order valence-corrected chi connectivity index (χ0v) is 13.5. The molecule has 112 valence electrons. The number of hydrogen-bond donors (Lipinski definition) is 1. The summed E-state index contributed by atoms with van der Waals surface area (Å²) in [6.07, 6.45) is 3.21. The number of nitrogens with one attached hydrogen (secondary N) is 1. The van der Waals surface area contributed by atoms with Crippen molar-refractivity contribution in [1.29, 1.82) is 5.26 Å². The minimum Gasteiger partial charge on any atom is -0.313 e. The number of thiazole rings is 1. The molecule has 2 rings (SSSR count). The van der Waals surface area contributed by atoms with Gasteiger partial charge in [0.25, 0.3) is 5.56 Å². The number of nitriles is 1. The van der Waals surface area contributed by atoms with E-state index in [-0.39, 0.29) is 11.3 Å². The number of Topliss-reactive ketones (excluding diaryl/α,β-unsaturated/α-hetero) is 1. The number of aromatic nitrogens is 1. The topological polar surface area (TPSA) is 73.7 Å². The van der Waals surface area contributed by atoms with Gasteiger partial charge in [-0.05, 0) is 23.8 Å². The summed E-state index contributed by atoms with van der Waals surface area (Å²) < 4.78 is 1.07. The minimum atomic E-state index is -0.474. The summed E-state index contributed by atoms with van der Waals surface area (Å²) in [6.45, 7) is 5.50. The Morgan fingerprint density at radius 3 is 2.45 bits per heavy atom. The number of carbonyl (C=O) groups is 1. The summed E-state index contributed by atoms with van der Waals surface area (Å²) in [7, 11) is 0. The number of rotatable bonds is 2. The van der Waals surface area contributed by atoms with Crippen LogP contribution in [0.2, 0.25) is 0 Å². The Morgan fingerprint density at radius 1 is 1.27 bits per heavy atom. The van der Waals surface area contributed by atoms with Crippen LogP contribution in [0.4, 0.5) is 0 Å². The second-order valence-corrected chi connectivity index (χ2v) is 7.01. The minimum absolute atomic E-state index is 0.0325. The van der Waals surface area contributed by atoms with Crippen molar-refractivity contribution >= 4 is 29.3 Å². The van der Waals surface area contributed by atoms with Crippen LogP contribution >= 0.6 is 11.3 Å². The molecular formula is C17H16N2O2S. The van der Waals surface area contributed by atoms with Crippen molar-refractivity contribution in [3.05, 3.63) is 54.9 Å². The average molecular weight is 312 g/mol. The summed E-state index contributed by atoms with van der Waals surface area (Å²) in [4.78, 5) is 26.6. The third kappa shape index (κ3) is 3.80. The highest BCUT2D eigenvalue weighted by Gasteiger charge is 2.18. The van der Waals surface area contributed by atoms with Crippen LogP contribution < -0.4 is 14.8 Å². The van der Waals surface area contributed by atoms with Crippen LogP contribution in [0.1, 0.15) is 31.9 Å². The fraction of sp³-hybridized carbons (Fsp3) is 0.235. The molecule has 0 atom stereocenters. The molecule has 0 aliphatic rings. The standard InChI is InChI=1S/C17H16N2O2S/c1-17(2,3)14(20)9-15-19-16(21)13(22-15)8-11-4-6-12(10-18)7-5-11/h4-9H,1-3H3,(H,19,21)/b13-8-,15-9+. The largest absolute Gasteiger partial charge is 0.313 e. The van der Waals surface area contributed by atoms with Gasteiger partial charge in [-0.25, -0.2) is 0 Å². The summed E-state index contributed by atoms with van der Waals surface area (Å²) in [6, 6.07) is 9.00.